The van der Waals surface area contributed by atoms with Crippen molar-refractivity contribution in [3.63, 3.8) is 0 Å². The Hall–Kier alpha value is -4.70. The lowest BCUT2D eigenvalue weighted by molar-refractivity contribution is 0.0135. The van der Waals surface area contributed by atoms with Gasteiger partial charge >= 0.3 is 0 Å². The van der Waals surface area contributed by atoms with E-state index in [0.717, 1.165) is 0 Å². The second-order valence-corrected chi connectivity index (χ2v) is 10.5. The Kier molecular flexibility index (Phi) is 12.5. The highest BCUT2D eigenvalue weighted by molar-refractivity contribution is 5.96. The van der Waals surface area contributed by atoms with Crippen LogP contribution in [0.5, 0.6) is 23.0 Å². The number of ether oxygens (including phenoxy) is 5. The molecule has 0 bridgehead atoms. The number of fused-ring (bicyclic) bond motifs is 2. The number of aromatic hydroxyl groups is 2. The zero-order chi connectivity index (χ0) is 33.8. The summed E-state index contributed by atoms with van der Waals surface area (Å²) in [7, 11) is 1.48. The van der Waals surface area contributed by atoms with Crippen LogP contribution < -0.4 is 27.4 Å². The maximum atomic E-state index is 13.1. The van der Waals surface area contributed by atoms with Crippen molar-refractivity contribution >= 4 is 12.2 Å². The fourth-order valence-electron chi connectivity index (χ4n) is 5.18. The summed E-state index contributed by atoms with van der Waals surface area (Å²) in [6.45, 7) is 3.43. The number of benzene rings is 3. The van der Waals surface area contributed by atoms with E-state index in [9.17, 15) is 19.8 Å². The van der Waals surface area contributed by atoms with Crippen LogP contribution in [0.4, 0.5) is 0 Å². The molecule has 1 amide bonds. The van der Waals surface area contributed by atoms with E-state index >= 15 is 0 Å². The second-order valence-electron chi connectivity index (χ2n) is 10.5. The standard InChI is InChI=1S/C33H41N5O9/c1-43-33(28-6-3-25(40)17-30(28)47-31-18-26(41)4-7-29(31)33)27-5-2-22(16-23(27)21-39)32(42)37-19-24(35)20-38(36)9-11-45-13-15-46-14-12-44-10-8-34/h2-7,16-18,20-21,40-41H,8-15,19,34-36H2,1H3,(H,37,42)/b24-20-. The number of amides is 1. The van der Waals surface area contributed by atoms with Gasteiger partial charge in [-0.1, -0.05) is 6.07 Å². The average Bonchev–Trinajstić information content (AvgIpc) is 3.06. The molecule has 0 atom stereocenters. The van der Waals surface area contributed by atoms with Crippen molar-refractivity contribution in [2.75, 3.05) is 66.4 Å². The summed E-state index contributed by atoms with van der Waals surface area (Å²) in [4.78, 5) is 25.5. The number of hydrogen-bond acceptors (Lipinski definition) is 13. The molecule has 9 N–H and O–H groups in total. The zero-order valence-corrected chi connectivity index (χ0v) is 26.1. The lowest BCUT2D eigenvalue weighted by atomic mass is 9.75. The van der Waals surface area contributed by atoms with Crippen LogP contribution in [0.25, 0.3) is 0 Å². The van der Waals surface area contributed by atoms with E-state index in [1.807, 2.05) is 0 Å². The topological polar surface area (TPSA) is 214 Å². The summed E-state index contributed by atoms with van der Waals surface area (Å²) in [6.07, 6.45) is 2.13. The van der Waals surface area contributed by atoms with Crippen molar-refractivity contribution in [3.8, 4) is 23.0 Å². The van der Waals surface area contributed by atoms with Crippen LogP contribution in [0.1, 0.15) is 37.4 Å². The van der Waals surface area contributed by atoms with Gasteiger partial charge in [-0.25, -0.2) is 5.84 Å². The van der Waals surface area contributed by atoms with E-state index < -0.39 is 11.5 Å². The van der Waals surface area contributed by atoms with Crippen molar-refractivity contribution < 1.29 is 43.5 Å². The van der Waals surface area contributed by atoms with E-state index in [-0.39, 0.29) is 40.7 Å². The molecule has 0 aromatic heterocycles. The molecule has 0 fully saturated rings. The molecule has 0 saturated carbocycles. The molecule has 1 heterocycles. The number of hydrazine groups is 1. The molecule has 1 aliphatic rings. The molecule has 14 nitrogen and oxygen atoms in total. The smallest absolute Gasteiger partial charge is 0.251 e. The third-order valence-corrected chi connectivity index (χ3v) is 7.32. The first-order valence-corrected chi connectivity index (χ1v) is 14.9. The van der Waals surface area contributed by atoms with Crippen molar-refractivity contribution in [1.29, 1.82) is 0 Å². The lowest BCUT2D eigenvalue weighted by Crippen LogP contribution is -2.36. The number of rotatable bonds is 18. The molecule has 0 spiro atoms. The molecule has 0 saturated heterocycles. The van der Waals surface area contributed by atoms with Gasteiger partial charge in [0.1, 0.15) is 29.3 Å². The van der Waals surface area contributed by atoms with Gasteiger partial charge in [0, 0.05) is 65.5 Å². The van der Waals surface area contributed by atoms with Crippen LogP contribution in [-0.4, -0.2) is 93.8 Å². The molecule has 1 aliphatic heterocycles. The Morgan fingerprint density at radius 1 is 0.894 bits per heavy atom. The van der Waals surface area contributed by atoms with E-state index in [0.29, 0.717) is 81.4 Å². The number of aldehydes is 1. The van der Waals surface area contributed by atoms with Crippen molar-refractivity contribution in [1.82, 2.24) is 10.3 Å². The Bertz CT molecular complexity index is 1510. The molecule has 3 aromatic rings. The van der Waals surface area contributed by atoms with E-state index in [1.165, 1.54) is 48.7 Å². The molecule has 14 heteroatoms. The van der Waals surface area contributed by atoms with Crippen molar-refractivity contribution in [2.24, 2.45) is 17.3 Å². The lowest BCUT2D eigenvalue weighted by Gasteiger charge is -2.40. The van der Waals surface area contributed by atoms with Gasteiger partial charge in [0.05, 0.1) is 52.7 Å². The number of carbonyl (C=O) groups excluding carboxylic acids is 2. The van der Waals surface area contributed by atoms with Gasteiger partial charge in [0.2, 0.25) is 0 Å². The van der Waals surface area contributed by atoms with Crippen LogP contribution >= 0.6 is 0 Å². The van der Waals surface area contributed by atoms with Crippen LogP contribution in [0.3, 0.4) is 0 Å². The fourth-order valence-corrected chi connectivity index (χ4v) is 5.18. The van der Waals surface area contributed by atoms with Crippen LogP contribution in [0.2, 0.25) is 0 Å². The molecule has 0 radical (unpaired) electrons. The first-order chi connectivity index (χ1) is 22.7. The van der Waals surface area contributed by atoms with E-state index in [4.69, 9.17) is 41.0 Å². The Labute approximate surface area is 272 Å². The van der Waals surface area contributed by atoms with Crippen LogP contribution in [0.15, 0.2) is 66.5 Å². The third kappa shape index (κ3) is 8.56. The Morgan fingerprint density at radius 2 is 1.47 bits per heavy atom. The zero-order valence-electron chi connectivity index (χ0n) is 26.1. The fraction of sp³-hybridized carbons (Fsp3) is 0.333. The number of methoxy groups -OCH3 is 1. The van der Waals surface area contributed by atoms with Gasteiger partial charge in [-0.2, -0.15) is 0 Å². The van der Waals surface area contributed by atoms with Gasteiger partial charge in [-0.05, 0) is 36.4 Å². The maximum absolute atomic E-state index is 13.1. The van der Waals surface area contributed by atoms with Gasteiger partial charge in [-0.3, -0.25) is 9.59 Å². The monoisotopic (exact) mass is 651 g/mol. The van der Waals surface area contributed by atoms with Gasteiger partial charge in [0.25, 0.3) is 5.91 Å². The molecule has 47 heavy (non-hydrogen) atoms. The minimum atomic E-state index is -1.37. The SMILES string of the molecule is COC1(c2ccc(C(=O)NC/C(N)=C/N(N)CCOCCOCCOCCN)cc2C=O)c2ccc(O)cc2Oc2cc(O)ccc21. The number of nitrogens with one attached hydrogen (secondary N) is 1. The molecular weight excluding hydrogens is 610 g/mol. The molecule has 4 rings (SSSR count). The third-order valence-electron chi connectivity index (χ3n) is 7.32. The molecule has 0 unspecified atom stereocenters. The maximum Gasteiger partial charge on any atom is 0.251 e. The van der Waals surface area contributed by atoms with Crippen molar-refractivity contribution in [3.05, 3.63) is 94.3 Å². The van der Waals surface area contributed by atoms with Crippen molar-refractivity contribution in [2.45, 2.75) is 5.60 Å². The van der Waals surface area contributed by atoms with E-state index in [2.05, 4.69) is 5.32 Å². The molecule has 3 aromatic carbocycles. The number of nitrogens with two attached hydrogens (primary N) is 3. The summed E-state index contributed by atoms with van der Waals surface area (Å²) in [6, 6.07) is 13.7. The number of phenols is 2. The summed E-state index contributed by atoms with van der Waals surface area (Å²) in [5.41, 5.74) is 12.2. The highest BCUT2D eigenvalue weighted by atomic mass is 16.5. The number of carbonyl (C=O) groups is 2. The Morgan fingerprint density at radius 3 is 2.04 bits per heavy atom. The highest BCUT2D eigenvalue weighted by Crippen LogP contribution is 2.54. The predicted molar refractivity (Wildman–Crippen MR) is 172 cm³/mol. The average molecular weight is 652 g/mol. The second kappa shape index (κ2) is 16.7. The quantitative estimate of drug-likeness (QED) is 0.0500. The molecule has 252 valence electrons. The number of nitrogens with zero attached hydrogens (tertiary/aromatic N) is 1. The summed E-state index contributed by atoms with van der Waals surface area (Å²) in [5, 5.41) is 24.3. The number of hydrogen-bond donors (Lipinski definition) is 6. The summed E-state index contributed by atoms with van der Waals surface area (Å²) >= 11 is 0. The predicted octanol–water partition coefficient (Wildman–Crippen LogP) is 1.67. The summed E-state index contributed by atoms with van der Waals surface area (Å²) < 4.78 is 28.2. The Balaban J connectivity index is 1.40. The summed E-state index contributed by atoms with van der Waals surface area (Å²) in [5.74, 6) is 5.98. The largest absolute Gasteiger partial charge is 0.508 e. The normalized spacial score (nSPS) is 13.3. The van der Waals surface area contributed by atoms with E-state index in [1.54, 1.807) is 24.3 Å². The molecule has 0 aliphatic carbocycles. The minimum absolute atomic E-state index is 0.00127. The van der Waals surface area contributed by atoms with Crippen LogP contribution in [0, 0.1) is 0 Å². The first kappa shape index (κ1) is 35.2. The number of phenolic OH excluding ortho intramolecular Hbond substituents is 2. The van der Waals surface area contributed by atoms with Gasteiger partial charge in [0.15, 0.2) is 5.60 Å². The van der Waals surface area contributed by atoms with Gasteiger partial charge < -0.3 is 55.7 Å². The van der Waals surface area contributed by atoms with Crippen LogP contribution in [-0.2, 0) is 24.5 Å². The first-order valence-electron chi connectivity index (χ1n) is 14.9. The highest BCUT2D eigenvalue weighted by Gasteiger charge is 2.46. The molecular formula is C33H41N5O9. The minimum Gasteiger partial charge on any atom is -0.508 e. The van der Waals surface area contributed by atoms with Gasteiger partial charge in [-0.15, -0.1) is 0 Å².